The molecule has 0 radical (unpaired) electrons. The van der Waals surface area contributed by atoms with E-state index in [0.29, 0.717) is 0 Å². The third kappa shape index (κ3) is 3.34. The van der Waals surface area contributed by atoms with E-state index in [1.165, 1.54) is 25.4 Å². The van der Waals surface area contributed by atoms with Crippen molar-refractivity contribution in [2.75, 3.05) is 20.1 Å². The van der Waals surface area contributed by atoms with Crippen molar-refractivity contribution in [3.63, 3.8) is 0 Å². The molecule has 0 aliphatic carbocycles. The molecular weight excluding hydrogens is 318 g/mol. The van der Waals surface area contributed by atoms with Crippen LogP contribution in [0.4, 0.5) is 0 Å². The molecule has 0 spiro atoms. The molecule has 1 amide bonds. The number of sulfonamides is 1. The molecule has 1 aromatic heterocycles. The normalized spacial score (nSPS) is 23.2. The SMILES string of the molecule is CNC(=O)C[C@@H]1CN(S(=O)(=O)c2ncccc2Cl)C[C@H]1O. The van der Waals surface area contributed by atoms with Crippen LogP contribution in [0, 0.1) is 5.92 Å². The highest BCUT2D eigenvalue weighted by atomic mass is 35.5. The minimum absolute atomic E-state index is 0.0294. The Kier molecular flexibility index (Phi) is 4.82. The van der Waals surface area contributed by atoms with Crippen LogP contribution in [0.3, 0.4) is 0 Å². The first-order valence-corrected chi connectivity index (χ1v) is 8.17. The van der Waals surface area contributed by atoms with E-state index in [1.54, 1.807) is 0 Å². The van der Waals surface area contributed by atoms with Crippen molar-refractivity contribution in [1.29, 1.82) is 0 Å². The van der Waals surface area contributed by atoms with Gasteiger partial charge in [0.1, 0.15) is 0 Å². The van der Waals surface area contributed by atoms with Crippen molar-refractivity contribution in [3.05, 3.63) is 23.4 Å². The summed E-state index contributed by atoms with van der Waals surface area (Å²) >= 11 is 5.87. The summed E-state index contributed by atoms with van der Waals surface area (Å²) in [6, 6.07) is 2.98. The molecule has 1 aromatic rings. The van der Waals surface area contributed by atoms with Crippen LogP contribution in [0.2, 0.25) is 5.02 Å². The Morgan fingerprint density at radius 2 is 2.29 bits per heavy atom. The summed E-state index contributed by atoms with van der Waals surface area (Å²) in [7, 11) is -2.39. The van der Waals surface area contributed by atoms with Crippen LogP contribution in [-0.4, -0.2) is 55.0 Å². The molecule has 7 nitrogen and oxygen atoms in total. The molecule has 0 bridgehead atoms. The van der Waals surface area contributed by atoms with Gasteiger partial charge >= 0.3 is 0 Å². The van der Waals surface area contributed by atoms with Crippen molar-refractivity contribution < 1.29 is 18.3 Å². The molecule has 2 N–H and O–H groups in total. The molecule has 0 unspecified atom stereocenters. The fraction of sp³-hybridized carbons (Fsp3) is 0.500. The molecular formula is C12H16ClN3O4S. The van der Waals surface area contributed by atoms with E-state index in [1.807, 2.05) is 0 Å². The number of aliphatic hydroxyl groups excluding tert-OH is 1. The van der Waals surface area contributed by atoms with Gasteiger partial charge in [0.2, 0.25) is 5.91 Å². The zero-order chi connectivity index (χ0) is 15.6. The number of β-amino-alcohol motifs (C(OH)–C–C–N with tert-alkyl or cyclic N) is 1. The van der Waals surface area contributed by atoms with Crippen LogP contribution in [0.5, 0.6) is 0 Å². The molecule has 1 aliphatic heterocycles. The number of halogens is 1. The van der Waals surface area contributed by atoms with Gasteiger partial charge in [-0.2, -0.15) is 4.31 Å². The zero-order valence-corrected chi connectivity index (χ0v) is 12.9. The first-order chi connectivity index (χ1) is 9.86. The number of aliphatic hydroxyl groups is 1. The molecule has 0 aromatic carbocycles. The van der Waals surface area contributed by atoms with Gasteiger partial charge in [0.05, 0.1) is 11.1 Å². The Morgan fingerprint density at radius 3 is 2.90 bits per heavy atom. The second-order valence-electron chi connectivity index (χ2n) is 4.82. The van der Waals surface area contributed by atoms with Gasteiger partial charge in [0, 0.05) is 38.7 Å². The second kappa shape index (κ2) is 6.27. The fourth-order valence-corrected chi connectivity index (χ4v) is 4.14. The summed E-state index contributed by atoms with van der Waals surface area (Å²) in [5, 5.41) is 12.2. The van der Waals surface area contributed by atoms with Crippen molar-refractivity contribution in [1.82, 2.24) is 14.6 Å². The Bertz CT molecular complexity index is 637. The predicted molar refractivity (Wildman–Crippen MR) is 76.2 cm³/mol. The summed E-state index contributed by atoms with van der Waals surface area (Å²) in [4.78, 5) is 15.2. The van der Waals surface area contributed by atoms with Crippen LogP contribution < -0.4 is 5.32 Å². The minimum Gasteiger partial charge on any atom is -0.391 e. The highest BCUT2D eigenvalue weighted by Crippen LogP contribution is 2.28. The molecule has 0 saturated carbocycles. The molecule has 1 fully saturated rings. The number of nitrogens with zero attached hydrogens (tertiary/aromatic N) is 2. The van der Waals surface area contributed by atoms with Gasteiger partial charge in [-0.15, -0.1) is 0 Å². The number of pyridine rings is 1. The van der Waals surface area contributed by atoms with Crippen LogP contribution in [0.1, 0.15) is 6.42 Å². The topological polar surface area (TPSA) is 99.6 Å². The second-order valence-corrected chi connectivity index (χ2v) is 7.08. The zero-order valence-electron chi connectivity index (χ0n) is 11.4. The lowest BCUT2D eigenvalue weighted by atomic mass is 10.0. The van der Waals surface area contributed by atoms with Crippen molar-refractivity contribution >= 4 is 27.5 Å². The maximum absolute atomic E-state index is 12.5. The smallest absolute Gasteiger partial charge is 0.262 e. The van der Waals surface area contributed by atoms with Crippen LogP contribution in [0.15, 0.2) is 23.4 Å². The molecule has 2 atom stereocenters. The van der Waals surface area contributed by atoms with E-state index in [2.05, 4.69) is 10.3 Å². The number of carbonyl (C=O) groups is 1. The average Bonchev–Trinajstić information content (AvgIpc) is 2.81. The Hall–Kier alpha value is -1.22. The number of rotatable bonds is 4. The molecule has 2 heterocycles. The first-order valence-electron chi connectivity index (χ1n) is 6.35. The number of carbonyl (C=O) groups excluding carboxylic acids is 1. The van der Waals surface area contributed by atoms with Gasteiger partial charge in [0.15, 0.2) is 5.03 Å². The molecule has 9 heteroatoms. The monoisotopic (exact) mass is 333 g/mol. The summed E-state index contributed by atoms with van der Waals surface area (Å²) in [6.07, 6.45) is 0.520. The summed E-state index contributed by atoms with van der Waals surface area (Å²) in [6.45, 7) is -0.0132. The molecule has 116 valence electrons. The third-order valence-electron chi connectivity index (χ3n) is 3.41. The van der Waals surface area contributed by atoms with E-state index < -0.39 is 22.0 Å². The maximum atomic E-state index is 12.5. The summed E-state index contributed by atoms with van der Waals surface area (Å²) in [5.74, 6) is -0.684. The molecule has 2 rings (SSSR count). The number of aromatic nitrogens is 1. The molecule has 1 aliphatic rings. The van der Waals surface area contributed by atoms with Crippen LogP contribution >= 0.6 is 11.6 Å². The fourth-order valence-electron chi connectivity index (χ4n) is 2.24. The van der Waals surface area contributed by atoms with Gasteiger partial charge in [-0.05, 0) is 12.1 Å². The largest absolute Gasteiger partial charge is 0.391 e. The number of hydrogen-bond donors (Lipinski definition) is 2. The van der Waals surface area contributed by atoms with E-state index in [4.69, 9.17) is 11.6 Å². The van der Waals surface area contributed by atoms with Crippen molar-refractivity contribution in [2.45, 2.75) is 17.6 Å². The number of nitrogens with one attached hydrogen (secondary N) is 1. The lowest BCUT2D eigenvalue weighted by Crippen LogP contribution is -2.30. The van der Waals surface area contributed by atoms with Gasteiger partial charge in [-0.1, -0.05) is 11.6 Å². The quantitative estimate of drug-likeness (QED) is 0.798. The highest BCUT2D eigenvalue weighted by molar-refractivity contribution is 7.89. The average molecular weight is 334 g/mol. The van der Waals surface area contributed by atoms with Crippen molar-refractivity contribution in [3.8, 4) is 0 Å². The molecule has 21 heavy (non-hydrogen) atoms. The standard InChI is InChI=1S/C12H16ClN3O4S/c1-14-11(18)5-8-6-16(7-10(8)17)21(19,20)12-9(13)3-2-4-15-12/h2-4,8,10,17H,5-7H2,1H3,(H,14,18)/t8-,10-/m1/s1. The van der Waals surface area contributed by atoms with Gasteiger partial charge in [0.25, 0.3) is 10.0 Å². The van der Waals surface area contributed by atoms with Gasteiger partial charge < -0.3 is 10.4 Å². The lowest BCUT2D eigenvalue weighted by Gasteiger charge is -2.16. The van der Waals surface area contributed by atoms with Crippen LogP contribution in [0.25, 0.3) is 0 Å². The van der Waals surface area contributed by atoms with Crippen LogP contribution in [-0.2, 0) is 14.8 Å². The van der Waals surface area contributed by atoms with E-state index in [9.17, 15) is 18.3 Å². The van der Waals surface area contributed by atoms with E-state index in [-0.39, 0.29) is 35.5 Å². The highest BCUT2D eigenvalue weighted by Gasteiger charge is 2.40. The summed E-state index contributed by atoms with van der Waals surface area (Å²) < 4.78 is 26.0. The van der Waals surface area contributed by atoms with Gasteiger partial charge in [-0.3, -0.25) is 4.79 Å². The van der Waals surface area contributed by atoms with E-state index >= 15 is 0 Å². The first kappa shape index (κ1) is 16.2. The Morgan fingerprint density at radius 1 is 1.57 bits per heavy atom. The Balaban J connectivity index is 2.20. The minimum atomic E-state index is -3.88. The van der Waals surface area contributed by atoms with E-state index in [0.717, 1.165) is 4.31 Å². The third-order valence-corrected chi connectivity index (χ3v) is 5.62. The summed E-state index contributed by atoms with van der Waals surface area (Å²) in [5.41, 5.74) is 0. The predicted octanol–water partition coefficient (Wildman–Crippen LogP) is -0.147. The van der Waals surface area contributed by atoms with Gasteiger partial charge in [-0.25, -0.2) is 13.4 Å². The lowest BCUT2D eigenvalue weighted by molar-refractivity contribution is -0.122. The maximum Gasteiger partial charge on any atom is 0.262 e. The number of amides is 1. The van der Waals surface area contributed by atoms with Crippen molar-refractivity contribution in [2.24, 2.45) is 5.92 Å². The molecule has 1 saturated heterocycles. The Labute approximate surface area is 128 Å². The number of hydrogen-bond acceptors (Lipinski definition) is 5.